The van der Waals surface area contributed by atoms with Gasteiger partial charge >= 0.3 is 11.9 Å². The van der Waals surface area contributed by atoms with Crippen molar-refractivity contribution in [3.8, 4) is 0 Å². The Balaban J connectivity index is 4.26. The summed E-state index contributed by atoms with van der Waals surface area (Å²) in [6.45, 7) is 0.443. The molecule has 0 unspecified atom stereocenters. The third-order valence-electron chi connectivity index (χ3n) is 2.29. The Bertz CT molecular complexity index is 308. The Morgan fingerprint density at radius 2 is 1.78 bits per heavy atom. The Kier molecular flexibility index (Phi) is 7.64. The maximum Gasteiger partial charge on any atom is 0.326 e. The number of amides is 1. The molecule has 0 aromatic rings. The smallest absolute Gasteiger partial charge is 0.326 e. The molecule has 0 fully saturated rings. The number of carbonyl (C=O) groups excluding carboxylic acids is 1. The van der Waals surface area contributed by atoms with Crippen LogP contribution in [0, 0.1) is 0 Å². The molecule has 104 valence electrons. The normalized spacial score (nSPS) is 13.7. The molecule has 18 heavy (non-hydrogen) atoms. The third-order valence-corrected chi connectivity index (χ3v) is 2.29. The van der Waals surface area contributed by atoms with Gasteiger partial charge in [-0.15, -0.1) is 0 Å². The van der Waals surface area contributed by atoms with Crippen molar-refractivity contribution < 1.29 is 24.6 Å². The van der Waals surface area contributed by atoms with Crippen molar-refractivity contribution >= 4 is 17.8 Å². The van der Waals surface area contributed by atoms with Crippen molar-refractivity contribution in [2.45, 2.75) is 37.8 Å². The number of carboxylic acid groups (broad SMARTS) is 2. The fourth-order valence-corrected chi connectivity index (χ4v) is 1.31. The van der Waals surface area contributed by atoms with Gasteiger partial charge in [0.15, 0.2) is 0 Å². The van der Waals surface area contributed by atoms with Crippen LogP contribution in [0.15, 0.2) is 0 Å². The van der Waals surface area contributed by atoms with Crippen LogP contribution in [0.1, 0.15) is 25.7 Å². The van der Waals surface area contributed by atoms with Crippen LogP contribution in [-0.2, 0) is 14.4 Å². The molecule has 0 spiro atoms. The van der Waals surface area contributed by atoms with Crippen LogP contribution in [0.25, 0.3) is 0 Å². The summed E-state index contributed by atoms with van der Waals surface area (Å²) in [6, 6.07) is -2.32. The van der Waals surface area contributed by atoms with Gasteiger partial charge in [-0.2, -0.15) is 0 Å². The van der Waals surface area contributed by atoms with Gasteiger partial charge in [-0.1, -0.05) is 0 Å². The lowest BCUT2D eigenvalue weighted by Crippen LogP contribution is -2.49. The number of rotatable bonds is 9. The molecule has 8 nitrogen and oxygen atoms in total. The van der Waals surface area contributed by atoms with Crippen molar-refractivity contribution in [2.75, 3.05) is 6.54 Å². The van der Waals surface area contributed by atoms with Gasteiger partial charge in [0.2, 0.25) is 5.91 Å². The lowest BCUT2D eigenvalue weighted by molar-refractivity contribution is -0.142. The summed E-state index contributed by atoms with van der Waals surface area (Å²) in [5.74, 6) is -3.17. The quantitative estimate of drug-likeness (QED) is 0.316. The van der Waals surface area contributed by atoms with E-state index in [1.165, 1.54) is 0 Å². The predicted octanol–water partition coefficient (Wildman–Crippen LogP) is -1.51. The van der Waals surface area contributed by atoms with Crippen molar-refractivity contribution in [3.63, 3.8) is 0 Å². The van der Waals surface area contributed by atoms with Crippen LogP contribution >= 0.6 is 0 Å². The molecule has 0 aromatic heterocycles. The van der Waals surface area contributed by atoms with E-state index in [0.717, 1.165) is 0 Å². The van der Waals surface area contributed by atoms with E-state index >= 15 is 0 Å². The Hall–Kier alpha value is -1.67. The number of unbranched alkanes of at least 4 members (excludes halogenated alkanes) is 1. The summed E-state index contributed by atoms with van der Waals surface area (Å²) >= 11 is 0. The standard InChI is InChI=1S/C10H19N3O5/c11-4-2-1-3-7(10(17)18)13-9(16)6(12)5-8(14)15/h6-7H,1-5,11-12H2,(H,13,16)(H,14,15)(H,17,18)/t6-,7-/m1/s1. The molecule has 0 aliphatic heterocycles. The van der Waals surface area contributed by atoms with Gasteiger partial charge in [0, 0.05) is 0 Å². The van der Waals surface area contributed by atoms with Crippen LogP contribution in [0.3, 0.4) is 0 Å². The highest BCUT2D eigenvalue weighted by molar-refractivity contribution is 5.89. The Morgan fingerprint density at radius 1 is 1.17 bits per heavy atom. The molecule has 1 amide bonds. The molecule has 0 rings (SSSR count). The van der Waals surface area contributed by atoms with Crippen molar-refractivity contribution in [1.82, 2.24) is 5.32 Å². The number of carboxylic acids is 2. The molecule has 8 heteroatoms. The van der Waals surface area contributed by atoms with Crippen molar-refractivity contribution in [1.29, 1.82) is 0 Å². The lowest BCUT2D eigenvalue weighted by atomic mass is 10.1. The number of carbonyl (C=O) groups is 3. The molecule has 0 aliphatic rings. The van der Waals surface area contributed by atoms with Crippen LogP contribution in [0.5, 0.6) is 0 Å². The number of aliphatic carboxylic acids is 2. The number of hydrogen-bond donors (Lipinski definition) is 5. The second-order valence-electron chi connectivity index (χ2n) is 3.89. The number of nitrogens with two attached hydrogens (primary N) is 2. The van der Waals surface area contributed by atoms with E-state index in [0.29, 0.717) is 19.4 Å². The van der Waals surface area contributed by atoms with Gasteiger partial charge in [0.05, 0.1) is 12.5 Å². The SMILES string of the molecule is NCCCC[C@@H](NC(=O)[C@H](N)CC(=O)O)C(=O)O. The average Bonchev–Trinajstić information content (AvgIpc) is 2.26. The summed E-state index contributed by atoms with van der Waals surface area (Å²) in [7, 11) is 0. The number of hydrogen-bond acceptors (Lipinski definition) is 5. The third kappa shape index (κ3) is 6.81. The summed E-state index contributed by atoms with van der Waals surface area (Å²) in [5.41, 5.74) is 10.6. The first-order valence-corrected chi connectivity index (χ1v) is 5.59. The maximum absolute atomic E-state index is 11.4. The molecule has 2 atom stereocenters. The fraction of sp³-hybridized carbons (Fsp3) is 0.700. The average molecular weight is 261 g/mol. The topological polar surface area (TPSA) is 156 Å². The molecular weight excluding hydrogens is 242 g/mol. The van der Waals surface area contributed by atoms with E-state index in [1.807, 2.05) is 0 Å². The van der Waals surface area contributed by atoms with Crippen LogP contribution < -0.4 is 16.8 Å². The van der Waals surface area contributed by atoms with Crippen LogP contribution in [0.4, 0.5) is 0 Å². The zero-order valence-electron chi connectivity index (χ0n) is 9.96. The lowest BCUT2D eigenvalue weighted by Gasteiger charge is -2.16. The van der Waals surface area contributed by atoms with Gasteiger partial charge in [0.1, 0.15) is 6.04 Å². The van der Waals surface area contributed by atoms with Crippen molar-refractivity contribution in [2.24, 2.45) is 11.5 Å². The highest BCUT2D eigenvalue weighted by Gasteiger charge is 2.24. The second kappa shape index (κ2) is 8.43. The zero-order valence-corrected chi connectivity index (χ0v) is 9.96. The molecule has 0 bridgehead atoms. The molecule has 0 aliphatic carbocycles. The van der Waals surface area contributed by atoms with Gasteiger partial charge in [-0.05, 0) is 25.8 Å². The zero-order chi connectivity index (χ0) is 14.1. The molecule has 0 aromatic carbocycles. The van der Waals surface area contributed by atoms with E-state index in [9.17, 15) is 14.4 Å². The molecular formula is C10H19N3O5. The first-order valence-electron chi connectivity index (χ1n) is 5.59. The van der Waals surface area contributed by atoms with Gasteiger partial charge < -0.3 is 27.0 Å². The highest BCUT2D eigenvalue weighted by Crippen LogP contribution is 2.01. The summed E-state index contributed by atoms with van der Waals surface area (Å²) in [5, 5.41) is 19.6. The van der Waals surface area contributed by atoms with Crippen LogP contribution in [0.2, 0.25) is 0 Å². The number of nitrogens with one attached hydrogen (secondary N) is 1. The van der Waals surface area contributed by atoms with E-state index in [-0.39, 0.29) is 6.42 Å². The molecule has 0 saturated heterocycles. The summed E-state index contributed by atoms with van der Waals surface area (Å²) in [4.78, 5) is 32.7. The van der Waals surface area contributed by atoms with Crippen LogP contribution in [-0.4, -0.2) is 46.7 Å². The minimum atomic E-state index is -1.25. The molecule has 0 saturated carbocycles. The molecule has 0 heterocycles. The minimum absolute atomic E-state index is 0.234. The monoisotopic (exact) mass is 261 g/mol. The van der Waals surface area contributed by atoms with Gasteiger partial charge in [-0.3, -0.25) is 9.59 Å². The Morgan fingerprint density at radius 3 is 2.22 bits per heavy atom. The first kappa shape index (κ1) is 16.3. The fourth-order valence-electron chi connectivity index (χ4n) is 1.31. The largest absolute Gasteiger partial charge is 0.481 e. The second-order valence-corrected chi connectivity index (χ2v) is 3.89. The highest BCUT2D eigenvalue weighted by atomic mass is 16.4. The van der Waals surface area contributed by atoms with Gasteiger partial charge in [0.25, 0.3) is 0 Å². The predicted molar refractivity (Wildman–Crippen MR) is 62.7 cm³/mol. The van der Waals surface area contributed by atoms with E-state index < -0.39 is 36.4 Å². The van der Waals surface area contributed by atoms with E-state index in [2.05, 4.69) is 5.32 Å². The van der Waals surface area contributed by atoms with Crippen molar-refractivity contribution in [3.05, 3.63) is 0 Å². The maximum atomic E-state index is 11.4. The summed E-state index contributed by atoms with van der Waals surface area (Å²) in [6.07, 6.45) is 0.905. The minimum Gasteiger partial charge on any atom is -0.481 e. The van der Waals surface area contributed by atoms with Gasteiger partial charge in [-0.25, -0.2) is 4.79 Å². The van der Waals surface area contributed by atoms with E-state index in [1.54, 1.807) is 0 Å². The molecule has 0 radical (unpaired) electrons. The van der Waals surface area contributed by atoms with E-state index in [4.69, 9.17) is 21.7 Å². The Labute approximate surface area is 104 Å². The first-order chi connectivity index (χ1) is 8.38. The summed E-state index contributed by atoms with van der Waals surface area (Å²) < 4.78 is 0. The molecule has 7 N–H and O–H groups in total.